The highest BCUT2D eigenvalue weighted by atomic mass is 16.5. The fraction of sp³-hybridized carbons (Fsp3) is 0.375. The molecule has 0 aliphatic carbocycles. The molecule has 0 fully saturated rings. The zero-order chi connectivity index (χ0) is 22.5. The van der Waals surface area contributed by atoms with Crippen molar-refractivity contribution >= 4 is 17.8 Å². The first kappa shape index (κ1) is 22.3. The summed E-state index contributed by atoms with van der Waals surface area (Å²) in [5.74, 6) is -0.583. The van der Waals surface area contributed by atoms with Gasteiger partial charge in [-0.25, -0.2) is 4.79 Å². The van der Waals surface area contributed by atoms with Crippen molar-refractivity contribution < 1.29 is 23.5 Å². The molecule has 1 unspecified atom stereocenters. The van der Waals surface area contributed by atoms with Crippen LogP contribution in [0.2, 0.25) is 0 Å². The molecule has 2 aromatic rings. The average Bonchev–Trinajstić information content (AvgIpc) is 3.20. The number of carbonyl (C=O) groups excluding carboxylic acids is 3. The fourth-order valence-corrected chi connectivity index (χ4v) is 3.72. The van der Waals surface area contributed by atoms with Crippen molar-refractivity contribution in [2.75, 3.05) is 6.61 Å². The SMILES string of the molecule is CCOC(=O)C1=C(C)N(Cc2ccc(C(=O)NC(C)C)o2)C(=O)CC1c1ccccc1. The van der Waals surface area contributed by atoms with Gasteiger partial charge in [-0.15, -0.1) is 0 Å². The number of nitrogens with one attached hydrogen (secondary N) is 1. The summed E-state index contributed by atoms with van der Waals surface area (Å²) in [5, 5.41) is 2.77. The number of allylic oxidation sites excluding steroid dienone is 1. The molecule has 1 aromatic carbocycles. The number of ether oxygens (including phenoxy) is 1. The Balaban J connectivity index is 1.91. The molecule has 0 saturated heterocycles. The van der Waals surface area contributed by atoms with Crippen molar-refractivity contribution in [2.45, 2.75) is 52.6 Å². The molecule has 0 radical (unpaired) electrons. The van der Waals surface area contributed by atoms with Gasteiger partial charge in [-0.1, -0.05) is 30.3 Å². The summed E-state index contributed by atoms with van der Waals surface area (Å²) in [6.07, 6.45) is 0.150. The Bertz CT molecular complexity index is 990. The Hall–Kier alpha value is -3.35. The van der Waals surface area contributed by atoms with E-state index in [1.54, 1.807) is 26.0 Å². The van der Waals surface area contributed by atoms with E-state index in [1.807, 2.05) is 44.2 Å². The van der Waals surface area contributed by atoms with E-state index < -0.39 is 5.97 Å². The van der Waals surface area contributed by atoms with Gasteiger partial charge in [0.2, 0.25) is 5.91 Å². The van der Waals surface area contributed by atoms with Crippen LogP contribution in [-0.2, 0) is 20.9 Å². The predicted molar refractivity (Wildman–Crippen MR) is 115 cm³/mol. The van der Waals surface area contributed by atoms with E-state index in [9.17, 15) is 14.4 Å². The number of carbonyl (C=O) groups is 3. The smallest absolute Gasteiger partial charge is 0.336 e. The van der Waals surface area contributed by atoms with Crippen LogP contribution in [0.1, 0.15) is 61.9 Å². The molecule has 1 aliphatic heterocycles. The minimum absolute atomic E-state index is 0.0167. The van der Waals surface area contributed by atoms with Crippen molar-refractivity contribution in [3.63, 3.8) is 0 Å². The summed E-state index contributed by atoms with van der Waals surface area (Å²) in [5.41, 5.74) is 1.90. The van der Waals surface area contributed by atoms with Crippen molar-refractivity contribution in [3.8, 4) is 0 Å². The van der Waals surface area contributed by atoms with Gasteiger partial charge in [0.25, 0.3) is 5.91 Å². The van der Waals surface area contributed by atoms with Crippen LogP contribution in [0, 0.1) is 0 Å². The maximum absolute atomic E-state index is 13.0. The van der Waals surface area contributed by atoms with Crippen molar-refractivity contribution in [1.29, 1.82) is 0 Å². The molecule has 1 aromatic heterocycles. The third kappa shape index (κ3) is 5.05. The minimum Gasteiger partial charge on any atom is -0.463 e. The van der Waals surface area contributed by atoms with Gasteiger partial charge in [0.1, 0.15) is 5.76 Å². The van der Waals surface area contributed by atoms with Gasteiger partial charge in [-0.2, -0.15) is 0 Å². The van der Waals surface area contributed by atoms with Crippen molar-refractivity contribution in [3.05, 3.63) is 70.8 Å². The topological polar surface area (TPSA) is 88.8 Å². The summed E-state index contributed by atoms with van der Waals surface area (Å²) in [7, 11) is 0. The Morgan fingerprint density at radius 1 is 1.19 bits per heavy atom. The monoisotopic (exact) mass is 424 g/mol. The van der Waals surface area contributed by atoms with Crippen LogP contribution in [0.4, 0.5) is 0 Å². The third-order valence-electron chi connectivity index (χ3n) is 5.14. The largest absolute Gasteiger partial charge is 0.463 e. The van der Waals surface area contributed by atoms with Gasteiger partial charge in [-0.05, 0) is 45.4 Å². The molecule has 3 rings (SSSR count). The Morgan fingerprint density at radius 3 is 2.55 bits per heavy atom. The molecular formula is C24H28N2O5. The average molecular weight is 424 g/mol. The number of rotatable bonds is 7. The molecule has 2 heterocycles. The fourth-order valence-electron chi connectivity index (χ4n) is 3.72. The van der Waals surface area contributed by atoms with Crippen LogP contribution in [0.15, 0.2) is 58.2 Å². The predicted octanol–water partition coefficient (Wildman–Crippen LogP) is 3.77. The van der Waals surface area contributed by atoms with Gasteiger partial charge in [0.15, 0.2) is 5.76 Å². The lowest BCUT2D eigenvalue weighted by Crippen LogP contribution is -2.38. The number of hydrogen-bond donors (Lipinski definition) is 1. The Morgan fingerprint density at radius 2 is 1.90 bits per heavy atom. The molecule has 7 nitrogen and oxygen atoms in total. The molecule has 1 N–H and O–H groups in total. The highest BCUT2D eigenvalue weighted by molar-refractivity contribution is 5.96. The van der Waals surface area contributed by atoms with E-state index in [1.165, 1.54) is 4.90 Å². The molecule has 1 aliphatic rings. The molecular weight excluding hydrogens is 396 g/mol. The second-order valence-corrected chi connectivity index (χ2v) is 7.76. The highest BCUT2D eigenvalue weighted by Gasteiger charge is 2.37. The van der Waals surface area contributed by atoms with E-state index in [4.69, 9.17) is 9.15 Å². The van der Waals surface area contributed by atoms with Crippen molar-refractivity contribution in [2.24, 2.45) is 0 Å². The standard InChI is InChI=1S/C24H28N2O5/c1-5-30-24(29)22-16(4)26(21(27)13-19(22)17-9-7-6-8-10-17)14-18-11-12-20(31-18)23(28)25-15(2)3/h6-12,15,19H,5,13-14H2,1-4H3,(H,25,28). The first-order chi connectivity index (χ1) is 14.8. The van der Waals surface area contributed by atoms with Gasteiger partial charge in [0.05, 0.1) is 18.7 Å². The number of amides is 2. The molecule has 0 spiro atoms. The summed E-state index contributed by atoms with van der Waals surface area (Å²) in [4.78, 5) is 39.5. The van der Waals surface area contributed by atoms with Crippen LogP contribution in [0.25, 0.3) is 0 Å². The number of esters is 1. The van der Waals surface area contributed by atoms with Gasteiger partial charge < -0.3 is 19.4 Å². The lowest BCUT2D eigenvalue weighted by molar-refractivity contribution is -0.140. The number of furan rings is 1. The lowest BCUT2D eigenvalue weighted by atomic mass is 9.83. The first-order valence-electron chi connectivity index (χ1n) is 10.4. The van der Waals surface area contributed by atoms with E-state index in [2.05, 4.69) is 5.32 Å². The summed E-state index contributed by atoms with van der Waals surface area (Å²) in [6, 6.07) is 12.7. The molecule has 164 valence electrons. The first-order valence-corrected chi connectivity index (χ1v) is 10.4. The number of benzene rings is 1. The normalized spacial score (nSPS) is 16.6. The molecule has 7 heteroatoms. The van der Waals surface area contributed by atoms with Crippen LogP contribution in [-0.4, -0.2) is 35.3 Å². The van der Waals surface area contributed by atoms with Gasteiger partial charge in [-0.3, -0.25) is 9.59 Å². The Kier molecular flexibility index (Phi) is 6.95. The van der Waals surface area contributed by atoms with Crippen LogP contribution in [0.5, 0.6) is 0 Å². The minimum atomic E-state index is -0.428. The van der Waals surface area contributed by atoms with Crippen LogP contribution < -0.4 is 5.32 Å². The second-order valence-electron chi connectivity index (χ2n) is 7.76. The van der Waals surface area contributed by atoms with Crippen molar-refractivity contribution in [1.82, 2.24) is 10.2 Å². The molecule has 1 atom stereocenters. The van der Waals surface area contributed by atoms with Gasteiger partial charge in [0, 0.05) is 24.1 Å². The summed E-state index contributed by atoms with van der Waals surface area (Å²) >= 11 is 0. The third-order valence-corrected chi connectivity index (χ3v) is 5.14. The maximum Gasteiger partial charge on any atom is 0.336 e. The van der Waals surface area contributed by atoms with E-state index in [0.29, 0.717) is 17.0 Å². The zero-order valence-corrected chi connectivity index (χ0v) is 18.3. The lowest BCUT2D eigenvalue weighted by Gasteiger charge is -2.34. The van der Waals surface area contributed by atoms with Crippen LogP contribution >= 0.6 is 0 Å². The highest BCUT2D eigenvalue weighted by Crippen LogP contribution is 2.37. The second kappa shape index (κ2) is 9.64. The quantitative estimate of drug-likeness (QED) is 0.684. The van der Waals surface area contributed by atoms with E-state index >= 15 is 0 Å². The van der Waals surface area contributed by atoms with Crippen LogP contribution in [0.3, 0.4) is 0 Å². The molecule has 0 saturated carbocycles. The number of nitrogens with zero attached hydrogens (tertiary/aromatic N) is 1. The van der Waals surface area contributed by atoms with E-state index in [0.717, 1.165) is 5.56 Å². The molecule has 31 heavy (non-hydrogen) atoms. The molecule has 2 amide bonds. The van der Waals surface area contributed by atoms with Gasteiger partial charge >= 0.3 is 5.97 Å². The molecule has 0 bridgehead atoms. The zero-order valence-electron chi connectivity index (χ0n) is 18.3. The summed E-state index contributed by atoms with van der Waals surface area (Å²) < 4.78 is 11.0. The summed E-state index contributed by atoms with van der Waals surface area (Å²) in [6.45, 7) is 7.60. The van der Waals surface area contributed by atoms with E-state index in [-0.39, 0.29) is 49.1 Å². The number of hydrogen-bond acceptors (Lipinski definition) is 5. The Labute approximate surface area is 182 Å². The maximum atomic E-state index is 13.0.